The molecule has 1 aromatic rings. The van der Waals surface area contributed by atoms with Crippen molar-refractivity contribution in [1.82, 2.24) is 10.1 Å². The number of aliphatic hydroxyl groups excluding tert-OH is 1. The Labute approximate surface area is 82.1 Å². The summed E-state index contributed by atoms with van der Waals surface area (Å²) < 4.78 is 10.2. The Morgan fingerprint density at radius 3 is 3.07 bits per heavy atom. The van der Waals surface area contributed by atoms with Crippen LogP contribution in [0.3, 0.4) is 0 Å². The van der Waals surface area contributed by atoms with Crippen LogP contribution in [0.15, 0.2) is 4.52 Å². The van der Waals surface area contributed by atoms with Crippen LogP contribution in [0.4, 0.5) is 0 Å². The summed E-state index contributed by atoms with van der Waals surface area (Å²) in [6.07, 6.45) is 2.98. The van der Waals surface area contributed by atoms with Crippen molar-refractivity contribution in [3.63, 3.8) is 0 Å². The van der Waals surface area contributed by atoms with Crippen LogP contribution in [0.5, 0.6) is 0 Å². The SMILES string of the molecule is OCCCOCc1nc(C2CC2)no1. The predicted molar refractivity (Wildman–Crippen MR) is 47.6 cm³/mol. The molecule has 1 heterocycles. The predicted octanol–water partition coefficient (Wildman–Crippen LogP) is 0.846. The molecule has 78 valence electrons. The van der Waals surface area contributed by atoms with E-state index in [1.165, 1.54) is 12.8 Å². The third-order valence-electron chi connectivity index (χ3n) is 2.10. The molecule has 1 N–H and O–H groups in total. The van der Waals surface area contributed by atoms with E-state index in [2.05, 4.69) is 10.1 Å². The lowest BCUT2D eigenvalue weighted by molar-refractivity contribution is 0.0848. The van der Waals surface area contributed by atoms with Gasteiger partial charge in [-0.05, 0) is 19.3 Å². The quantitative estimate of drug-likeness (QED) is 0.686. The highest BCUT2D eigenvalue weighted by Gasteiger charge is 2.28. The molecule has 5 nitrogen and oxygen atoms in total. The van der Waals surface area contributed by atoms with Crippen LogP contribution in [0.2, 0.25) is 0 Å². The normalized spacial score (nSPS) is 16.1. The van der Waals surface area contributed by atoms with Crippen molar-refractivity contribution in [3.8, 4) is 0 Å². The molecule has 0 spiro atoms. The molecule has 0 aliphatic heterocycles. The summed E-state index contributed by atoms with van der Waals surface area (Å²) in [6, 6.07) is 0. The van der Waals surface area contributed by atoms with E-state index >= 15 is 0 Å². The Balaban J connectivity index is 1.72. The third kappa shape index (κ3) is 2.52. The van der Waals surface area contributed by atoms with Crippen molar-refractivity contribution >= 4 is 0 Å². The van der Waals surface area contributed by atoms with E-state index in [-0.39, 0.29) is 6.61 Å². The third-order valence-corrected chi connectivity index (χ3v) is 2.10. The van der Waals surface area contributed by atoms with E-state index in [4.69, 9.17) is 14.4 Å². The average Bonchev–Trinajstić information content (AvgIpc) is 2.94. The van der Waals surface area contributed by atoms with Crippen molar-refractivity contribution in [3.05, 3.63) is 11.7 Å². The maximum atomic E-state index is 8.52. The molecule has 0 atom stereocenters. The zero-order valence-electron chi connectivity index (χ0n) is 7.98. The van der Waals surface area contributed by atoms with Gasteiger partial charge >= 0.3 is 0 Å². The maximum Gasteiger partial charge on any atom is 0.252 e. The van der Waals surface area contributed by atoms with Crippen LogP contribution in [0, 0.1) is 0 Å². The number of hydrogen-bond acceptors (Lipinski definition) is 5. The summed E-state index contributed by atoms with van der Waals surface area (Å²) >= 11 is 0. The molecule has 1 aliphatic carbocycles. The van der Waals surface area contributed by atoms with E-state index in [9.17, 15) is 0 Å². The fourth-order valence-corrected chi connectivity index (χ4v) is 1.16. The highest BCUT2D eigenvalue weighted by atomic mass is 16.5. The van der Waals surface area contributed by atoms with Gasteiger partial charge in [0.25, 0.3) is 5.89 Å². The van der Waals surface area contributed by atoms with Gasteiger partial charge in [0.05, 0.1) is 0 Å². The van der Waals surface area contributed by atoms with E-state index in [0.29, 0.717) is 31.4 Å². The second-order valence-corrected chi connectivity index (χ2v) is 3.45. The molecule has 0 bridgehead atoms. The fourth-order valence-electron chi connectivity index (χ4n) is 1.16. The van der Waals surface area contributed by atoms with Gasteiger partial charge in [-0.25, -0.2) is 0 Å². The van der Waals surface area contributed by atoms with Crippen LogP contribution < -0.4 is 0 Å². The second-order valence-electron chi connectivity index (χ2n) is 3.45. The number of nitrogens with zero attached hydrogens (tertiary/aromatic N) is 2. The molecule has 1 aromatic heterocycles. The zero-order valence-corrected chi connectivity index (χ0v) is 7.98. The lowest BCUT2D eigenvalue weighted by Crippen LogP contribution is -1.98. The summed E-state index contributed by atoms with van der Waals surface area (Å²) in [4.78, 5) is 4.20. The Morgan fingerprint density at radius 2 is 2.36 bits per heavy atom. The minimum Gasteiger partial charge on any atom is -0.396 e. The first-order valence-electron chi connectivity index (χ1n) is 4.91. The smallest absolute Gasteiger partial charge is 0.252 e. The monoisotopic (exact) mass is 198 g/mol. The fraction of sp³-hybridized carbons (Fsp3) is 0.778. The lowest BCUT2D eigenvalue weighted by Gasteiger charge is -1.97. The molecule has 0 saturated heterocycles. The molecule has 5 heteroatoms. The number of hydrogen-bond donors (Lipinski definition) is 1. The van der Waals surface area contributed by atoms with Gasteiger partial charge in [-0.2, -0.15) is 4.98 Å². The van der Waals surface area contributed by atoms with Gasteiger partial charge in [-0.3, -0.25) is 0 Å². The molecule has 1 saturated carbocycles. The Morgan fingerprint density at radius 1 is 1.50 bits per heavy atom. The molecule has 1 aliphatic rings. The molecular formula is C9H14N2O3. The largest absolute Gasteiger partial charge is 0.396 e. The molecule has 0 amide bonds. The van der Waals surface area contributed by atoms with E-state index in [0.717, 1.165) is 5.82 Å². The first kappa shape index (κ1) is 9.61. The Bertz CT molecular complexity index is 283. The Kier molecular flexibility index (Phi) is 3.10. The van der Waals surface area contributed by atoms with Crippen molar-refractivity contribution in [1.29, 1.82) is 0 Å². The molecule has 14 heavy (non-hydrogen) atoms. The van der Waals surface area contributed by atoms with E-state index < -0.39 is 0 Å². The van der Waals surface area contributed by atoms with Crippen molar-refractivity contribution in [2.45, 2.75) is 31.8 Å². The van der Waals surface area contributed by atoms with Crippen molar-refractivity contribution in [2.75, 3.05) is 13.2 Å². The zero-order chi connectivity index (χ0) is 9.80. The molecule has 2 rings (SSSR count). The van der Waals surface area contributed by atoms with Gasteiger partial charge in [0.15, 0.2) is 5.82 Å². The van der Waals surface area contributed by atoms with Crippen LogP contribution in [0.1, 0.15) is 36.9 Å². The number of rotatable bonds is 6. The molecular weight excluding hydrogens is 184 g/mol. The number of aliphatic hydroxyl groups is 1. The standard InChI is InChI=1S/C9H14N2O3/c12-4-1-5-13-6-8-10-9(11-14-8)7-2-3-7/h7,12H,1-6H2. The first-order valence-corrected chi connectivity index (χ1v) is 4.91. The summed E-state index contributed by atoms with van der Waals surface area (Å²) in [7, 11) is 0. The van der Waals surface area contributed by atoms with Crippen molar-refractivity contribution in [2.24, 2.45) is 0 Å². The minimum absolute atomic E-state index is 0.150. The van der Waals surface area contributed by atoms with E-state index in [1.807, 2.05) is 0 Å². The van der Waals surface area contributed by atoms with Gasteiger partial charge in [0.1, 0.15) is 6.61 Å². The highest BCUT2D eigenvalue weighted by Crippen LogP contribution is 2.38. The topological polar surface area (TPSA) is 68.4 Å². The van der Waals surface area contributed by atoms with Gasteiger partial charge in [-0.1, -0.05) is 5.16 Å². The molecule has 1 fully saturated rings. The van der Waals surface area contributed by atoms with E-state index in [1.54, 1.807) is 0 Å². The molecule has 0 aromatic carbocycles. The summed E-state index contributed by atoms with van der Waals surface area (Å²) in [6.45, 7) is 1.02. The van der Waals surface area contributed by atoms with Crippen LogP contribution in [-0.4, -0.2) is 28.5 Å². The van der Waals surface area contributed by atoms with Crippen LogP contribution in [0.25, 0.3) is 0 Å². The van der Waals surface area contributed by atoms with Crippen LogP contribution in [-0.2, 0) is 11.3 Å². The minimum atomic E-state index is 0.150. The van der Waals surface area contributed by atoms with Crippen molar-refractivity contribution < 1.29 is 14.4 Å². The lowest BCUT2D eigenvalue weighted by atomic mass is 10.4. The summed E-state index contributed by atoms with van der Waals surface area (Å²) in [5.74, 6) is 1.86. The number of aromatic nitrogens is 2. The molecule has 0 radical (unpaired) electrons. The van der Waals surface area contributed by atoms with Gasteiger partial charge in [0, 0.05) is 19.1 Å². The maximum absolute atomic E-state index is 8.52. The second kappa shape index (κ2) is 4.52. The number of ether oxygens (including phenoxy) is 1. The first-order chi connectivity index (χ1) is 6.90. The summed E-state index contributed by atoms with van der Waals surface area (Å²) in [5.41, 5.74) is 0. The Hall–Kier alpha value is -0.940. The molecule has 0 unspecified atom stereocenters. The van der Waals surface area contributed by atoms with Gasteiger partial charge < -0.3 is 14.4 Å². The summed E-state index contributed by atoms with van der Waals surface area (Å²) in [5, 5.41) is 12.4. The van der Waals surface area contributed by atoms with Crippen LogP contribution >= 0.6 is 0 Å². The van der Waals surface area contributed by atoms with Gasteiger partial charge in [0.2, 0.25) is 0 Å². The van der Waals surface area contributed by atoms with Gasteiger partial charge in [-0.15, -0.1) is 0 Å². The average molecular weight is 198 g/mol. The highest BCUT2D eigenvalue weighted by molar-refractivity contribution is 5.02.